The van der Waals surface area contributed by atoms with Gasteiger partial charge in [0.1, 0.15) is 5.75 Å². The second-order valence-electron chi connectivity index (χ2n) is 9.21. The molecule has 0 bridgehead atoms. The molecule has 0 radical (unpaired) electrons. The van der Waals surface area contributed by atoms with Crippen LogP contribution < -0.4 is 4.74 Å². The normalized spacial score (nSPS) is 16.1. The number of benzene rings is 2. The molecule has 8 heteroatoms. The van der Waals surface area contributed by atoms with Crippen LogP contribution in [-0.4, -0.2) is 56.2 Å². The molecule has 1 amide bonds. The predicted molar refractivity (Wildman–Crippen MR) is 137 cm³/mol. The Kier molecular flexibility index (Phi) is 7.30. The predicted octanol–water partition coefficient (Wildman–Crippen LogP) is 4.65. The van der Waals surface area contributed by atoms with E-state index in [1.165, 1.54) is 16.5 Å². The lowest BCUT2D eigenvalue weighted by atomic mass is 9.98. The van der Waals surface area contributed by atoms with Gasteiger partial charge in [0.25, 0.3) is 5.91 Å². The average molecular weight is 488 g/mol. The molecule has 2 aromatic carbocycles. The van der Waals surface area contributed by atoms with Crippen LogP contribution in [0.2, 0.25) is 0 Å². The molecule has 7 nitrogen and oxygen atoms in total. The second kappa shape index (κ2) is 10.9. The van der Waals surface area contributed by atoms with Gasteiger partial charge in [0.15, 0.2) is 5.69 Å². The van der Waals surface area contributed by atoms with E-state index in [1.807, 2.05) is 29.3 Å². The summed E-state index contributed by atoms with van der Waals surface area (Å²) in [4.78, 5) is 21.2. The quantitative estimate of drug-likeness (QED) is 0.360. The smallest absolute Gasteiger partial charge is 0.275 e. The van der Waals surface area contributed by atoms with Gasteiger partial charge in [0.2, 0.25) is 0 Å². The monoisotopic (exact) mass is 487 g/mol. The largest absolute Gasteiger partial charge is 0.493 e. The van der Waals surface area contributed by atoms with Crippen LogP contribution in [0.25, 0.3) is 10.9 Å². The summed E-state index contributed by atoms with van der Waals surface area (Å²) in [6.07, 6.45) is 5.41. The van der Waals surface area contributed by atoms with Gasteiger partial charge in [-0.3, -0.25) is 14.7 Å². The zero-order chi connectivity index (χ0) is 24.0. The van der Waals surface area contributed by atoms with Gasteiger partial charge in [0, 0.05) is 43.7 Å². The van der Waals surface area contributed by atoms with Gasteiger partial charge >= 0.3 is 0 Å². The summed E-state index contributed by atoms with van der Waals surface area (Å²) in [6, 6.07) is 18.8. The number of pyridine rings is 1. The van der Waals surface area contributed by atoms with Gasteiger partial charge < -0.3 is 9.64 Å². The number of likely N-dealkylation sites (tertiary alicyclic amines) is 1. The highest BCUT2D eigenvalue weighted by molar-refractivity contribution is 6.99. The Morgan fingerprint density at radius 1 is 1.14 bits per heavy atom. The van der Waals surface area contributed by atoms with Crippen LogP contribution in [0.15, 0.2) is 67.0 Å². The number of amides is 1. The van der Waals surface area contributed by atoms with Gasteiger partial charge in [-0.05, 0) is 61.3 Å². The highest BCUT2D eigenvalue weighted by Gasteiger charge is 2.26. The Hall–Kier alpha value is -3.36. The molecular weight excluding hydrogens is 458 g/mol. The molecular formula is C27H29N5O2S. The van der Waals surface area contributed by atoms with E-state index in [-0.39, 0.29) is 5.91 Å². The van der Waals surface area contributed by atoms with Crippen molar-refractivity contribution in [2.45, 2.75) is 25.9 Å². The Bertz CT molecular complexity index is 1280. The van der Waals surface area contributed by atoms with Crippen molar-refractivity contribution in [1.29, 1.82) is 0 Å². The van der Waals surface area contributed by atoms with Gasteiger partial charge in [0.05, 0.1) is 30.0 Å². The van der Waals surface area contributed by atoms with E-state index in [2.05, 4.69) is 62.1 Å². The number of nitrogens with zero attached hydrogens (tertiary/aromatic N) is 5. The van der Waals surface area contributed by atoms with Crippen LogP contribution in [0.5, 0.6) is 5.75 Å². The molecule has 1 atom stereocenters. The van der Waals surface area contributed by atoms with E-state index in [9.17, 15) is 4.79 Å². The minimum absolute atomic E-state index is 0.0313. The van der Waals surface area contributed by atoms with Crippen LogP contribution in [0.3, 0.4) is 0 Å². The molecule has 0 aliphatic carbocycles. The zero-order valence-electron chi connectivity index (χ0n) is 19.8. The summed E-state index contributed by atoms with van der Waals surface area (Å²) < 4.78 is 14.2. The van der Waals surface area contributed by atoms with Crippen molar-refractivity contribution in [2.24, 2.45) is 5.92 Å². The number of piperidine rings is 1. The first-order valence-electron chi connectivity index (χ1n) is 11.9. The maximum Gasteiger partial charge on any atom is 0.275 e. The van der Waals surface area contributed by atoms with Crippen molar-refractivity contribution in [1.82, 2.24) is 23.5 Å². The molecule has 1 aliphatic rings. The number of ether oxygens (including phenoxy) is 1. The summed E-state index contributed by atoms with van der Waals surface area (Å²) in [5.74, 6) is 1.16. The third-order valence-electron chi connectivity index (χ3n) is 6.34. The Balaban J connectivity index is 1.14. The number of carbonyl (C=O) groups excluding carboxylic acids is 1. The minimum atomic E-state index is -0.0313. The minimum Gasteiger partial charge on any atom is -0.493 e. The van der Waals surface area contributed by atoms with E-state index in [1.54, 1.807) is 6.20 Å². The summed E-state index contributed by atoms with van der Waals surface area (Å²) in [5.41, 5.74) is 3.94. The van der Waals surface area contributed by atoms with Crippen molar-refractivity contribution in [3.8, 4) is 5.75 Å². The molecule has 0 unspecified atom stereocenters. The first-order chi connectivity index (χ1) is 17.1. The van der Waals surface area contributed by atoms with E-state index < -0.39 is 0 Å². The Morgan fingerprint density at radius 3 is 2.89 bits per heavy atom. The highest BCUT2D eigenvalue weighted by atomic mass is 32.1. The summed E-state index contributed by atoms with van der Waals surface area (Å²) in [6.45, 7) is 3.75. The summed E-state index contributed by atoms with van der Waals surface area (Å²) >= 11 is 1.07. The van der Waals surface area contributed by atoms with Crippen LogP contribution in [0.4, 0.5) is 0 Å². The molecule has 4 aromatic rings. The fraction of sp³-hybridized carbons (Fsp3) is 0.333. The molecule has 0 N–H and O–H groups in total. The molecule has 180 valence electrons. The van der Waals surface area contributed by atoms with Crippen LogP contribution >= 0.6 is 11.7 Å². The maximum atomic E-state index is 12.6. The van der Waals surface area contributed by atoms with E-state index in [0.717, 1.165) is 55.5 Å². The van der Waals surface area contributed by atoms with Crippen molar-refractivity contribution in [2.75, 3.05) is 26.7 Å². The molecule has 3 heterocycles. The molecule has 5 rings (SSSR count). The highest BCUT2D eigenvalue weighted by Crippen LogP contribution is 2.22. The Morgan fingerprint density at radius 2 is 2.03 bits per heavy atom. The van der Waals surface area contributed by atoms with Crippen molar-refractivity contribution >= 4 is 28.5 Å². The van der Waals surface area contributed by atoms with Gasteiger partial charge in [-0.2, -0.15) is 8.75 Å². The SMILES string of the molecule is CN(Cc1cccc(OC[C@H]2CCCN(C(=O)c3cnsn3)C2)c1)Cc1ccc2ncccc2c1. The van der Waals surface area contributed by atoms with Crippen LogP contribution in [-0.2, 0) is 13.1 Å². The number of hydrogen-bond acceptors (Lipinski definition) is 7. The molecule has 0 spiro atoms. The summed E-state index contributed by atoms with van der Waals surface area (Å²) in [5, 5.41) is 1.17. The van der Waals surface area contributed by atoms with Crippen molar-refractivity contribution in [3.63, 3.8) is 0 Å². The number of hydrogen-bond donors (Lipinski definition) is 0. The van der Waals surface area contributed by atoms with Gasteiger partial charge in [-0.25, -0.2) is 0 Å². The number of rotatable bonds is 8. The third kappa shape index (κ3) is 6.01. The lowest BCUT2D eigenvalue weighted by Gasteiger charge is -2.32. The van der Waals surface area contributed by atoms with E-state index >= 15 is 0 Å². The molecule has 2 aromatic heterocycles. The first-order valence-corrected chi connectivity index (χ1v) is 12.7. The average Bonchev–Trinajstić information content (AvgIpc) is 3.42. The molecule has 1 aliphatic heterocycles. The van der Waals surface area contributed by atoms with E-state index in [0.29, 0.717) is 24.8 Å². The zero-order valence-corrected chi connectivity index (χ0v) is 20.7. The summed E-state index contributed by atoms with van der Waals surface area (Å²) in [7, 11) is 2.13. The Labute approximate surface area is 209 Å². The molecule has 0 saturated carbocycles. The topological polar surface area (TPSA) is 71.5 Å². The lowest BCUT2D eigenvalue weighted by molar-refractivity contribution is 0.0628. The standard InChI is InChI=1S/C27H29N5O2S/c1-31(17-21-9-10-25-23(13-21)7-3-11-28-25)16-20-5-2-8-24(14-20)34-19-22-6-4-12-32(18-22)27(33)26-15-29-35-30-26/h2-3,5,7-11,13-15,22H,4,6,12,16-19H2,1H3/t22-/m0/s1. The van der Waals surface area contributed by atoms with E-state index in [4.69, 9.17) is 4.74 Å². The van der Waals surface area contributed by atoms with Crippen molar-refractivity contribution < 1.29 is 9.53 Å². The fourth-order valence-corrected chi connectivity index (χ4v) is 5.06. The third-order valence-corrected chi connectivity index (χ3v) is 6.82. The van der Waals surface area contributed by atoms with Crippen LogP contribution in [0, 0.1) is 5.92 Å². The fourth-order valence-electron chi connectivity index (χ4n) is 4.66. The second-order valence-corrected chi connectivity index (χ2v) is 9.77. The van der Waals surface area contributed by atoms with Gasteiger partial charge in [-0.1, -0.05) is 24.3 Å². The number of carbonyl (C=O) groups is 1. The molecule has 35 heavy (non-hydrogen) atoms. The lowest BCUT2D eigenvalue weighted by Crippen LogP contribution is -2.41. The first kappa shape index (κ1) is 23.4. The molecule has 1 saturated heterocycles. The van der Waals surface area contributed by atoms with Crippen molar-refractivity contribution in [3.05, 3.63) is 83.8 Å². The number of aromatic nitrogens is 3. The number of fused-ring (bicyclic) bond motifs is 1. The maximum absolute atomic E-state index is 12.6. The van der Waals surface area contributed by atoms with Crippen LogP contribution in [0.1, 0.15) is 34.5 Å². The van der Waals surface area contributed by atoms with Gasteiger partial charge in [-0.15, -0.1) is 0 Å². The molecule has 1 fully saturated rings.